The summed E-state index contributed by atoms with van der Waals surface area (Å²) in [6.07, 6.45) is 0. The molecule has 2 aromatic heterocycles. The van der Waals surface area contributed by atoms with Crippen LogP contribution in [0, 0.1) is 6.92 Å². The van der Waals surface area contributed by atoms with Crippen molar-refractivity contribution >= 4 is 16.7 Å². The van der Waals surface area contributed by atoms with Crippen LogP contribution in [0.15, 0.2) is 71.1 Å². The van der Waals surface area contributed by atoms with Gasteiger partial charge in [0.15, 0.2) is 11.5 Å². The zero-order valence-electron chi connectivity index (χ0n) is 17.8. The van der Waals surface area contributed by atoms with Gasteiger partial charge in [-0.3, -0.25) is 0 Å². The number of nitrogens with one attached hydrogen (secondary N) is 1. The second-order valence-corrected chi connectivity index (χ2v) is 7.73. The Balaban J connectivity index is 1.33. The SMILES string of the molecule is Cc1ccc(-c2nnc(-c3nc(NCc4ccc5c(c4)OCO5)c4ccccc4n3)o2)cc1. The first-order valence-corrected chi connectivity index (χ1v) is 10.5. The first-order chi connectivity index (χ1) is 16.2. The molecule has 0 bridgehead atoms. The minimum atomic E-state index is 0.251. The van der Waals surface area contributed by atoms with Crippen molar-refractivity contribution in [3.63, 3.8) is 0 Å². The Labute approximate surface area is 189 Å². The number of hydrogen-bond acceptors (Lipinski definition) is 8. The van der Waals surface area contributed by atoms with Crippen LogP contribution in [0.4, 0.5) is 5.82 Å². The Morgan fingerprint density at radius 2 is 1.67 bits per heavy atom. The lowest BCUT2D eigenvalue weighted by Gasteiger charge is -2.10. The van der Waals surface area contributed by atoms with E-state index in [1.165, 1.54) is 0 Å². The fraction of sp³-hybridized carbons (Fsp3) is 0.120. The number of anilines is 1. The quantitative estimate of drug-likeness (QED) is 0.411. The summed E-state index contributed by atoms with van der Waals surface area (Å²) in [5.74, 6) is 3.25. The van der Waals surface area contributed by atoms with Gasteiger partial charge in [-0.25, -0.2) is 9.97 Å². The summed E-state index contributed by atoms with van der Waals surface area (Å²) in [7, 11) is 0. The highest BCUT2D eigenvalue weighted by Crippen LogP contribution is 2.33. The highest BCUT2D eigenvalue weighted by molar-refractivity contribution is 5.90. The van der Waals surface area contributed by atoms with Crippen molar-refractivity contribution in [2.45, 2.75) is 13.5 Å². The molecule has 5 aromatic rings. The molecular weight excluding hydrogens is 418 g/mol. The average Bonchev–Trinajstić information content (AvgIpc) is 3.52. The van der Waals surface area contributed by atoms with Gasteiger partial charge in [0.2, 0.25) is 18.5 Å². The monoisotopic (exact) mass is 437 g/mol. The van der Waals surface area contributed by atoms with Gasteiger partial charge in [0, 0.05) is 17.5 Å². The number of hydrogen-bond donors (Lipinski definition) is 1. The minimum Gasteiger partial charge on any atom is -0.454 e. The van der Waals surface area contributed by atoms with E-state index >= 15 is 0 Å². The second kappa shape index (κ2) is 7.90. The first kappa shape index (κ1) is 19.2. The first-order valence-electron chi connectivity index (χ1n) is 10.5. The van der Waals surface area contributed by atoms with Crippen LogP contribution >= 0.6 is 0 Å². The third-order valence-electron chi connectivity index (χ3n) is 5.41. The van der Waals surface area contributed by atoms with Gasteiger partial charge in [0.1, 0.15) is 5.82 Å². The molecule has 1 aliphatic rings. The van der Waals surface area contributed by atoms with E-state index in [-0.39, 0.29) is 12.7 Å². The molecular formula is C25H19N5O3. The van der Waals surface area contributed by atoms with E-state index in [0.717, 1.165) is 39.1 Å². The smallest absolute Gasteiger partial charge is 0.286 e. The third-order valence-corrected chi connectivity index (χ3v) is 5.41. The summed E-state index contributed by atoms with van der Waals surface area (Å²) < 4.78 is 16.8. The number of nitrogens with zero attached hydrogens (tertiary/aromatic N) is 4. The molecule has 0 saturated heterocycles. The van der Waals surface area contributed by atoms with Gasteiger partial charge in [-0.1, -0.05) is 35.9 Å². The van der Waals surface area contributed by atoms with Gasteiger partial charge in [0.25, 0.3) is 5.89 Å². The normalized spacial score (nSPS) is 12.3. The van der Waals surface area contributed by atoms with E-state index in [9.17, 15) is 0 Å². The van der Waals surface area contributed by atoms with Crippen LogP contribution in [0.1, 0.15) is 11.1 Å². The minimum absolute atomic E-state index is 0.251. The molecule has 8 heteroatoms. The molecule has 0 aliphatic carbocycles. The Hall–Kier alpha value is -4.46. The van der Waals surface area contributed by atoms with E-state index in [4.69, 9.17) is 18.9 Å². The molecule has 0 fully saturated rings. The molecule has 1 N–H and O–H groups in total. The number of aryl methyl sites for hydroxylation is 1. The highest BCUT2D eigenvalue weighted by atomic mass is 16.7. The molecule has 0 atom stereocenters. The molecule has 8 nitrogen and oxygen atoms in total. The van der Waals surface area contributed by atoms with Crippen LogP contribution in [-0.2, 0) is 6.54 Å². The van der Waals surface area contributed by atoms with Crippen LogP contribution in [-0.4, -0.2) is 27.0 Å². The largest absolute Gasteiger partial charge is 0.454 e. The predicted octanol–water partition coefficient (Wildman–Crippen LogP) is 5.00. The molecule has 1 aliphatic heterocycles. The van der Waals surface area contributed by atoms with Gasteiger partial charge in [-0.15, -0.1) is 10.2 Å². The number of ether oxygens (including phenoxy) is 2. The summed E-state index contributed by atoms with van der Waals surface area (Å²) in [6.45, 7) is 2.83. The summed E-state index contributed by atoms with van der Waals surface area (Å²) in [5, 5.41) is 12.7. The van der Waals surface area contributed by atoms with Crippen LogP contribution in [0.3, 0.4) is 0 Å². The van der Waals surface area contributed by atoms with E-state index in [1.54, 1.807) is 0 Å². The molecule has 3 aromatic carbocycles. The lowest BCUT2D eigenvalue weighted by atomic mass is 10.1. The van der Waals surface area contributed by atoms with Gasteiger partial charge >= 0.3 is 0 Å². The fourth-order valence-corrected chi connectivity index (χ4v) is 3.67. The van der Waals surface area contributed by atoms with Gasteiger partial charge in [0.05, 0.1) is 5.52 Å². The zero-order valence-corrected chi connectivity index (χ0v) is 17.8. The van der Waals surface area contributed by atoms with Gasteiger partial charge in [-0.05, 0) is 48.9 Å². The molecule has 6 rings (SSSR count). The van der Waals surface area contributed by atoms with E-state index < -0.39 is 0 Å². The maximum Gasteiger partial charge on any atom is 0.286 e. The number of fused-ring (bicyclic) bond motifs is 2. The molecule has 0 spiro atoms. The Morgan fingerprint density at radius 3 is 2.58 bits per heavy atom. The molecule has 162 valence electrons. The molecule has 0 unspecified atom stereocenters. The van der Waals surface area contributed by atoms with Crippen molar-refractivity contribution in [1.29, 1.82) is 0 Å². The number of para-hydroxylation sites is 1. The van der Waals surface area contributed by atoms with E-state index in [1.807, 2.05) is 73.7 Å². The summed E-state index contributed by atoms with van der Waals surface area (Å²) in [4.78, 5) is 9.35. The van der Waals surface area contributed by atoms with E-state index in [2.05, 4.69) is 20.5 Å². The van der Waals surface area contributed by atoms with Crippen molar-refractivity contribution in [3.8, 4) is 34.7 Å². The highest BCUT2D eigenvalue weighted by Gasteiger charge is 2.17. The van der Waals surface area contributed by atoms with Gasteiger partial charge < -0.3 is 19.2 Å². The lowest BCUT2D eigenvalue weighted by molar-refractivity contribution is 0.174. The Morgan fingerprint density at radius 1 is 0.848 bits per heavy atom. The van der Waals surface area contributed by atoms with Crippen molar-refractivity contribution in [1.82, 2.24) is 20.2 Å². The standard InChI is InChI=1S/C25H19N5O3/c1-15-6-9-17(10-7-15)24-29-30-25(33-24)23-27-19-5-3-2-4-18(19)22(28-23)26-13-16-8-11-20-21(12-16)32-14-31-20/h2-12H,13-14H2,1H3,(H,26,27,28). The topological polar surface area (TPSA) is 95.2 Å². The van der Waals surface area contributed by atoms with Gasteiger partial charge in [-0.2, -0.15) is 0 Å². The Kier molecular flexibility index (Phi) is 4.61. The Bertz CT molecular complexity index is 1460. The third kappa shape index (κ3) is 3.71. The molecule has 0 saturated carbocycles. The maximum absolute atomic E-state index is 5.91. The summed E-state index contributed by atoms with van der Waals surface area (Å²) >= 11 is 0. The van der Waals surface area contributed by atoms with E-state index in [0.29, 0.717) is 24.1 Å². The van der Waals surface area contributed by atoms with Crippen molar-refractivity contribution in [2.24, 2.45) is 0 Å². The lowest BCUT2D eigenvalue weighted by Crippen LogP contribution is -2.04. The van der Waals surface area contributed by atoms with Crippen LogP contribution in [0.5, 0.6) is 11.5 Å². The maximum atomic E-state index is 5.91. The second-order valence-electron chi connectivity index (χ2n) is 7.73. The number of aromatic nitrogens is 4. The predicted molar refractivity (Wildman–Crippen MR) is 123 cm³/mol. The van der Waals surface area contributed by atoms with Crippen LogP contribution < -0.4 is 14.8 Å². The molecule has 3 heterocycles. The van der Waals surface area contributed by atoms with Crippen molar-refractivity contribution < 1.29 is 13.9 Å². The van der Waals surface area contributed by atoms with Crippen molar-refractivity contribution in [3.05, 3.63) is 77.9 Å². The van der Waals surface area contributed by atoms with Crippen molar-refractivity contribution in [2.75, 3.05) is 12.1 Å². The average molecular weight is 437 g/mol. The summed E-state index contributed by atoms with van der Waals surface area (Å²) in [6, 6.07) is 21.6. The molecule has 33 heavy (non-hydrogen) atoms. The van der Waals surface area contributed by atoms with Crippen LogP contribution in [0.2, 0.25) is 0 Å². The van der Waals surface area contributed by atoms with Crippen LogP contribution in [0.25, 0.3) is 34.1 Å². The zero-order chi connectivity index (χ0) is 22.2. The summed E-state index contributed by atoms with van der Waals surface area (Å²) in [5.41, 5.74) is 3.84. The number of benzene rings is 3. The number of rotatable bonds is 5. The molecule has 0 radical (unpaired) electrons. The fourth-order valence-electron chi connectivity index (χ4n) is 3.67. The molecule has 0 amide bonds.